The molecule has 3 fully saturated rings. The van der Waals surface area contributed by atoms with Gasteiger partial charge in [0.1, 0.15) is 5.60 Å². The maximum Gasteiger partial charge on any atom is 0.190 e. The molecule has 1 saturated heterocycles. The Morgan fingerprint density at radius 2 is 1.94 bits per heavy atom. The van der Waals surface area contributed by atoms with Crippen LogP contribution < -0.4 is 0 Å². The van der Waals surface area contributed by atoms with Crippen LogP contribution >= 0.6 is 0 Å². The van der Waals surface area contributed by atoms with Gasteiger partial charge in [-0.1, -0.05) is 20.8 Å². The highest BCUT2D eigenvalue weighted by molar-refractivity contribution is 6.06. The summed E-state index contributed by atoms with van der Waals surface area (Å²) in [5.74, 6) is 0.972. The van der Waals surface area contributed by atoms with Crippen LogP contribution in [0.1, 0.15) is 47.0 Å². The second kappa shape index (κ2) is 2.27. The molecule has 4 rings (SSSR count). The van der Waals surface area contributed by atoms with Crippen LogP contribution in [0.15, 0.2) is 11.6 Å². The summed E-state index contributed by atoms with van der Waals surface area (Å²) >= 11 is 0. The van der Waals surface area contributed by atoms with Gasteiger partial charge in [-0.15, -0.1) is 0 Å². The molecule has 2 saturated carbocycles. The van der Waals surface area contributed by atoms with Crippen LogP contribution in [0, 0.1) is 16.7 Å². The minimum atomic E-state index is -0.514. The first-order chi connectivity index (χ1) is 7.74. The van der Waals surface area contributed by atoms with Crippen molar-refractivity contribution in [2.45, 2.75) is 58.2 Å². The molecule has 4 unspecified atom stereocenters. The SMILES string of the molecule is CC1(C)CC2CC2(C)C2=CC(=O)C3(C)OC23C1. The second-order valence-electron chi connectivity index (χ2n) is 7.75. The number of ether oxygens (including phenoxy) is 1. The Bertz CT molecular complexity index is 489. The summed E-state index contributed by atoms with van der Waals surface area (Å²) in [5, 5.41) is 0. The van der Waals surface area contributed by atoms with E-state index in [9.17, 15) is 4.79 Å². The Balaban J connectivity index is 1.89. The van der Waals surface area contributed by atoms with E-state index < -0.39 is 5.60 Å². The number of hydrogen-bond acceptors (Lipinski definition) is 2. The van der Waals surface area contributed by atoms with Crippen molar-refractivity contribution < 1.29 is 9.53 Å². The first-order valence-electron chi connectivity index (χ1n) is 6.71. The van der Waals surface area contributed by atoms with E-state index >= 15 is 0 Å². The number of epoxide rings is 1. The molecule has 4 aliphatic rings. The van der Waals surface area contributed by atoms with Crippen LogP contribution in [0.3, 0.4) is 0 Å². The first-order valence-corrected chi connectivity index (χ1v) is 6.71. The Hall–Kier alpha value is -0.630. The summed E-state index contributed by atoms with van der Waals surface area (Å²) in [6.07, 6.45) is 5.46. The van der Waals surface area contributed by atoms with Crippen molar-refractivity contribution in [2.75, 3.05) is 0 Å². The zero-order valence-electron chi connectivity index (χ0n) is 11.1. The molecule has 0 N–H and O–H groups in total. The van der Waals surface area contributed by atoms with Gasteiger partial charge in [0.2, 0.25) is 0 Å². The van der Waals surface area contributed by atoms with Crippen molar-refractivity contribution in [3.8, 4) is 0 Å². The largest absolute Gasteiger partial charge is 0.349 e. The average molecular weight is 232 g/mol. The quantitative estimate of drug-likeness (QED) is 0.601. The van der Waals surface area contributed by atoms with Crippen LogP contribution in [0.25, 0.3) is 0 Å². The fraction of sp³-hybridized carbons (Fsp3) is 0.800. The number of fused-ring (bicyclic) bond motifs is 2. The van der Waals surface area contributed by atoms with Crippen molar-refractivity contribution in [2.24, 2.45) is 16.7 Å². The van der Waals surface area contributed by atoms with Crippen LogP contribution in [0.4, 0.5) is 0 Å². The molecule has 0 amide bonds. The maximum atomic E-state index is 12.1. The molecular weight excluding hydrogens is 212 g/mol. The molecule has 0 bridgehead atoms. The first kappa shape index (κ1) is 10.3. The van der Waals surface area contributed by atoms with E-state index in [1.165, 1.54) is 18.4 Å². The van der Waals surface area contributed by atoms with Gasteiger partial charge in [-0.3, -0.25) is 4.79 Å². The lowest BCUT2D eigenvalue weighted by molar-refractivity contribution is -0.118. The molecule has 17 heavy (non-hydrogen) atoms. The van der Waals surface area contributed by atoms with Crippen molar-refractivity contribution in [3.05, 3.63) is 11.6 Å². The van der Waals surface area contributed by atoms with Crippen LogP contribution in [-0.4, -0.2) is 17.0 Å². The second-order valence-corrected chi connectivity index (χ2v) is 7.75. The molecule has 0 aromatic rings. The van der Waals surface area contributed by atoms with E-state index in [4.69, 9.17) is 4.74 Å². The summed E-state index contributed by atoms with van der Waals surface area (Å²) in [4.78, 5) is 12.1. The van der Waals surface area contributed by atoms with Crippen molar-refractivity contribution in [3.63, 3.8) is 0 Å². The van der Waals surface area contributed by atoms with E-state index in [0.717, 1.165) is 12.3 Å². The third-order valence-electron chi connectivity index (χ3n) is 5.84. The maximum absolute atomic E-state index is 12.1. The lowest BCUT2D eigenvalue weighted by Crippen LogP contribution is -2.31. The van der Waals surface area contributed by atoms with Gasteiger partial charge >= 0.3 is 0 Å². The van der Waals surface area contributed by atoms with Crippen molar-refractivity contribution in [1.29, 1.82) is 0 Å². The smallest absolute Gasteiger partial charge is 0.190 e. The molecule has 0 aromatic heterocycles. The van der Waals surface area contributed by atoms with Crippen LogP contribution in [0.5, 0.6) is 0 Å². The summed E-state index contributed by atoms with van der Waals surface area (Å²) in [5.41, 5.74) is 1.14. The number of rotatable bonds is 0. The molecule has 92 valence electrons. The molecular formula is C15H20O2. The topological polar surface area (TPSA) is 29.6 Å². The number of carbonyl (C=O) groups excluding carboxylic acids is 1. The number of carbonyl (C=O) groups is 1. The summed E-state index contributed by atoms with van der Waals surface area (Å²) in [6, 6.07) is 0. The molecule has 2 nitrogen and oxygen atoms in total. The number of hydrogen-bond donors (Lipinski definition) is 0. The highest BCUT2D eigenvalue weighted by Gasteiger charge is 2.81. The molecule has 2 heteroatoms. The van der Waals surface area contributed by atoms with Gasteiger partial charge in [-0.25, -0.2) is 0 Å². The monoisotopic (exact) mass is 232 g/mol. The van der Waals surface area contributed by atoms with E-state index in [1.54, 1.807) is 0 Å². The zero-order valence-corrected chi connectivity index (χ0v) is 11.1. The minimum absolute atomic E-state index is 0.206. The highest BCUT2D eigenvalue weighted by Crippen LogP contribution is 2.76. The predicted molar refractivity (Wildman–Crippen MR) is 64.5 cm³/mol. The fourth-order valence-corrected chi connectivity index (χ4v) is 4.69. The van der Waals surface area contributed by atoms with E-state index in [2.05, 4.69) is 20.8 Å². The summed E-state index contributed by atoms with van der Waals surface area (Å²) in [6.45, 7) is 8.97. The van der Waals surface area contributed by atoms with E-state index in [-0.39, 0.29) is 16.8 Å². The third-order valence-corrected chi connectivity index (χ3v) is 5.84. The molecule has 0 aromatic carbocycles. The van der Waals surface area contributed by atoms with Crippen LogP contribution in [0.2, 0.25) is 0 Å². The lowest BCUT2D eigenvalue weighted by atomic mass is 9.75. The summed E-state index contributed by atoms with van der Waals surface area (Å²) < 4.78 is 6.00. The zero-order chi connectivity index (χ0) is 12.3. The summed E-state index contributed by atoms with van der Waals surface area (Å²) in [7, 11) is 0. The molecule has 4 atom stereocenters. The minimum Gasteiger partial charge on any atom is -0.349 e. The lowest BCUT2D eigenvalue weighted by Gasteiger charge is -2.27. The van der Waals surface area contributed by atoms with Gasteiger partial charge in [0, 0.05) is 0 Å². The molecule has 1 aliphatic heterocycles. The molecule has 1 heterocycles. The highest BCUT2D eigenvalue weighted by atomic mass is 16.6. The predicted octanol–water partition coefficient (Wildman–Crippen LogP) is 2.87. The van der Waals surface area contributed by atoms with Gasteiger partial charge in [0.15, 0.2) is 11.4 Å². The molecule has 0 radical (unpaired) electrons. The Kier molecular flexibility index (Phi) is 1.38. The fourth-order valence-electron chi connectivity index (χ4n) is 4.69. The standard InChI is InChI=1S/C15H20O2/c1-12(2)6-9-7-13(9,3)10-5-11(16)14(4)15(10,8-12)17-14/h5,9H,6-8H2,1-4H3. The number of ketones is 1. The van der Waals surface area contributed by atoms with Crippen molar-refractivity contribution in [1.82, 2.24) is 0 Å². The molecule has 1 spiro atoms. The van der Waals surface area contributed by atoms with Gasteiger partial charge in [0.25, 0.3) is 0 Å². The van der Waals surface area contributed by atoms with Gasteiger partial charge in [-0.2, -0.15) is 0 Å². The third kappa shape index (κ3) is 0.929. The van der Waals surface area contributed by atoms with Gasteiger partial charge in [0.05, 0.1) is 0 Å². The van der Waals surface area contributed by atoms with Crippen molar-refractivity contribution >= 4 is 5.78 Å². The van der Waals surface area contributed by atoms with E-state index in [0.29, 0.717) is 5.41 Å². The Morgan fingerprint density at radius 1 is 1.24 bits per heavy atom. The van der Waals surface area contributed by atoms with E-state index in [1.807, 2.05) is 13.0 Å². The van der Waals surface area contributed by atoms with Crippen LogP contribution in [-0.2, 0) is 9.53 Å². The van der Waals surface area contributed by atoms with Gasteiger partial charge in [-0.05, 0) is 54.6 Å². The average Bonchev–Trinajstić information content (AvgIpc) is 2.96. The Morgan fingerprint density at radius 3 is 2.59 bits per heavy atom. The molecule has 3 aliphatic carbocycles. The Labute approximate surface area is 102 Å². The normalized spacial score (nSPS) is 57.5. The van der Waals surface area contributed by atoms with Gasteiger partial charge < -0.3 is 4.74 Å².